The molecule has 15 heavy (non-hydrogen) atoms. The number of benzene rings is 1. The number of halogens is 1. The zero-order valence-electron chi connectivity index (χ0n) is 8.27. The minimum absolute atomic E-state index is 0.321. The molecule has 1 heterocycles. The number of aryl methyl sites for hydroxylation is 1. The Balaban J connectivity index is 2.34. The first-order valence-electron chi connectivity index (χ1n) is 4.66. The summed E-state index contributed by atoms with van der Waals surface area (Å²) in [5.74, 6) is 0.0939. The average Bonchev–Trinajstić information content (AvgIpc) is 2.74. The van der Waals surface area contributed by atoms with Gasteiger partial charge in [-0.05, 0) is 36.2 Å². The second kappa shape index (κ2) is 3.87. The Bertz CT molecular complexity index is 449. The van der Waals surface area contributed by atoms with Gasteiger partial charge in [-0.25, -0.2) is 4.39 Å². The van der Waals surface area contributed by atoms with Crippen molar-refractivity contribution < 1.29 is 13.9 Å². The molecular weight excluding hydrogens is 195 g/mol. The molecule has 0 aliphatic carbocycles. The van der Waals surface area contributed by atoms with E-state index < -0.39 is 6.10 Å². The van der Waals surface area contributed by atoms with Crippen LogP contribution in [0.1, 0.15) is 23.0 Å². The van der Waals surface area contributed by atoms with Crippen LogP contribution >= 0.6 is 0 Å². The highest BCUT2D eigenvalue weighted by Gasteiger charge is 2.13. The molecule has 0 amide bonds. The average molecular weight is 206 g/mol. The van der Waals surface area contributed by atoms with Crippen molar-refractivity contribution in [3.63, 3.8) is 0 Å². The first-order valence-corrected chi connectivity index (χ1v) is 4.66. The first kappa shape index (κ1) is 9.93. The Morgan fingerprint density at radius 1 is 1.33 bits per heavy atom. The molecule has 0 fully saturated rings. The summed E-state index contributed by atoms with van der Waals surface area (Å²) in [7, 11) is 0. The highest BCUT2D eigenvalue weighted by atomic mass is 19.1. The molecule has 0 saturated carbocycles. The molecule has 0 unspecified atom stereocenters. The Hall–Kier alpha value is -1.61. The van der Waals surface area contributed by atoms with Crippen LogP contribution in [0.25, 0.3) is 0 Å². The molecule has 1 aromatic heterocycles. The largest absolute Gasteiger partial charge is 0.466 e. The topological polar surface area (TPSA) is 33.4 Å². The van der Waals surface area contributed by atoms with Crippen LogP contribution in [-0.2, 0) is 0 Å². The summed E-state index contributed by atoms with van der Waals surface area (Å²) in [5.41, 5.74) is 1.05. The van der Waals surface area contributed by atoms with Crippen LogP contribution in [0.2, 0.25) is 0 Å². The van der Waals surface area contributed by atoms with Crippen LogP contribution in [0.4, 0.5) is 4.39 Å². The maximum absolute atomic E-state index is 13.2. The van der Waals surface area contributed by atoms with Crippen molar-refractivity contribution in [3.05, 3.63) is 59.3 Å². The van der Waals surface area contributed by atoms with Crippen LogP contribution < -0.4 is 0 Å². The van der Waals surface area contributed by atoms with E-state index in [1.165, 1.54) is 12.3 Å². The fraction of sp³-hybridized carbons (Fsp3) is 0.167. The van der Waals surface area contributed by atoms with Crippen LogP contribution in [0, 0.1) is 12.7 Å². The van der Waals surface area contributed by atoms with Gasteiger partial charge in [0.25, 0.3) is 0 Å². The number of furan rings is 1. The summed E-state index contributed by atoms with van der Waals surface area (Å²) >= 11 is 0. The fourth-order valence-corrected chi connectivity index (χ4v) is 1.39. The van der Waals surface area contributed by atoms with Crippen LogP contribution in [-0.4, -0.2) is 5.11 Å². The molecule has 1 N–H and O–H groups in total. The normalized spacial score (nSPS) is 12.7. The minimum Gasteiger partial charge on any atom is -0.466 e. The van der Waals surface area contributed by atoms with E-state index in [4.69, 9.17) is 4.42 Å². The minimum atomic E-state index is -0.907. The maximum Gasteiger partial charge on any atom is 0.137 e. The van der Waals surface area contributed by atoms with Gasteiger partial charge in [-0.2, -0.15) is 0 Å². The second-order valence-corrected chi connectivity index (χ2v) is 3.43. The molecule has 0 aliphatic heterocycles. The summed E-state index contributed by atoms with van der Waals surface area (Å²) in [6, 6.07) is 7.98. The van der Waals surface area contributed by atoms with Crippen molar-refractivity contribution in [1.82, 2.24) is 0 Å². The van der Waals surface area contributed by atoms with Gasteiger partial charge in [0.05, 0.1) is 6.26 Å². The third kappa shape index (κ3) is 1.92. The lowest BCUT2D eigenvalue weighted by atomic mass is 10.1. The van der Waals surface area contributed by atoms with E-state index >= 15 is 0 Å². The van der Waals surface area contributed by atoms with Gasteiger partial charge in [-0.15, -0.1) is 0 Å². The molecule has 78 valence electrons. The molecule has 0 spiro atoms. The SMILES string of the molecule is Cc1ccc([C@H](O)c2ccco2)cc1F. The molecule has 2 aromatic rings. The molecule has 0 bridgehead atoms. The predicted octanol–water partition coefficient (Wildman–Crippen LogP) is 2.81. The molecule has 3 heteroatoms. The predicted molar refractivity (Wildman–Crippen MR) is 53.9 cm³/mol. The Labute approximate surface area is 87.0 Å². The lowest BCUT2D eigenvalue weighted by Gasteiger charge is -2.08. The molecule has 2 nitrogen and oxygen atoms in total. The molecule has 0 aliphatic rings. The molecule has 0 radical (unpaired) electrons. The highest BCUT2D eigenvalue weighted by Crippen LogP contribution is 2.23. The van der Waals surface area contributed by atoms with E-state index in [-0.39, 0.29) is 5.82 Å². The van der Waals surface area contributed by atoms with Gasteiger partial charge >= 0.3 is 0 Å². The zero-order valence-corrected chi connectivity index (χ0v) is 8.27. The van der Waals surface area contributed by atoms with E-state index in [1.54, 1.807) is 31.2 Å². The number of aliphatic hydroxyl groups excluding tert-OH is 1. The molecule has 2 rings (SSSR count). The number of aliphatic hydroxyl groups is 1. The fourth-order valence-electron chi connectivity index (χ4n) is 1.39. The van der Waals surface area contributed by atoms with Gasteiger partial charge in [-0.3, -0.25) is 0 Å². The maximum atomic E-state index is 13.2. The third-order valence-corrected chi connectivity index (χ3v) is 2.32. The van der Waals surface area contributed by atoms with Crippen LogP contribution in [0.5, 0.6) is 0 Å². The quantitative estimate of drug-likeness (QED) is 0.819. The van der Waals surface area contributed by atoms with Crippen LogP contribution in [0.15, 0.2) is 41.0 Å². The van der Waals surface area contributed by atoms with Gasteiger partial charge in [0.1, 0.15) is 17.7 Å². The van der Waals surface area contributed by atoms with Crippen molar-refractivity contribution in [2.75, 3.05) is 0 Å². The molecule has 1 aromatic carbocycles. The van der Waals surface area contributed by atoms with Crippen molar-refractivity contribution in [2.24, 2.45) is 0 Å². The lowest BCUT2D eigenvalue weighted by molar-refractivity contribution is 0.189. The molecular formula is C12H11FO2. The first-order chi connectivity index (χ1) is 7.18. The van der Waals surface area contributed by atoms with Gasteiger partial charge in [0.15, 0.2) is 0 Å². The van der Waals surface area contributed by atoms with E-state index in [2.05, 4.69) is 0 Å². The Kier molecular flexibility index (Phi) is 2.56. The lowest BCUT2D eigenvalue weighted by Crippen LogP contribution is -1.99. The summed E-state index contributed by atoms with van der Waals surface area (Å²) in [5, 5.41) is 9.84. The third-order valence-electron chi connectivity index (χ3n) is 2.32. The number of hydrogen-bond donors (Lipinski definition) is 1. The number of rotatable bonds is 2. The van der Waals surface area contributed by atoms with Gasteiger partial charge < -0.3 is 9.52 Å². The van der Waals surface area contributed by atoms with Gasteiger partial charge in [0, 0.05) is 0 Å². The smallest absolute Gasteiger partial charge is 0.137 e. The Morgan fingerprint density at radius 3 is 2.73 bits per heavy atom. The van der Waals surface area contributed by atoms with E-state index in [0.29, 0.717) is 16.9 Å². The van der Waals surface area contributed by atoms with Gasteiger partial charge in [0.2, 0.25) is 0 Å². The zero-order chi connectivity index (χ0) is 10.8. The van der Waals surface area contributed by atoms with E-state index in [0.717, 1.165) is 0 Å². The second-order valence-electron chi connectivity index (χ2n) is 3.43. The van der Waals surface area contributed by atoms with Crippen LogP contribution in [0.3, 0.4) is 0 Å². The van der Waals surface area contributed by atoms with E-state index in [1.807, 2.05) is 0 Å². The summed E-state index contributed by atoms with van der Waals surface area (Å²) in [6.07, 6.45) is 0.568. The summed E-state index contributed by atoms with van der Waals surface area (Å²) in [4.78, 5) is 0. The van der Waals surface area contributed by atoms with Crippen molar-refractivity contribution in [2.45, 2.75) is 13.0 Å². The Morgan fingerprint density at radius 2 is 2.13 bits per heavy atom. The standard InChI is InChI=1S/C12H11FO2/c1-8-4-5-9(7-10(8)13)12(14)11-3-2-6-15-11/h2-7,12,14H,1H3/t12-/m0/s1. The number of hydrogen-bond acceptors (Lipinski definition) is 2. The van der Waals surface area contributed by atoms with Crippen molar-refractivity contribution >= 4 is 0 Å². The van der Waals surface area contributed by atoms with E-state index in [9.17, 15) is 9.50 Å². The summed E-state index contributed by atoms with van der Waals surface area (Å²) in [6.45, 7) is 1.68. The molecule has 0 saturated heterocycles. The monoisotopic (exact) mass is 206 g/mol. The van der Waals surface area contributed by atoms with Gasteiger partial charge in [-0.1, -0.05) is 12.1 Å². The highest BCUT2D eigenvalue weighted by molar-refractivity contribution is 5.28. The molecule has 1 atom stereocenters. The summed E-state index contributed by atoms with van der Waals surface area (Å²) < 4.78 is 18.3. The van der Waals surface area contributed by atoms with Crippen molar-refractivity contribution in [1.29, 1.82) is 0 Å². The van der Waals surface area contributed by atoms with Crippen molar-refractivity contribution in [3.8, 4) is 0 Å².